The van der Waals surface area contributed by atoms with Crippen molar-refractivity contribution in [2.45, 2.75) is 33.1 Å². The van der Waals surface area contributed by atoms with E-state index in [1.54, 1.807) is 6.92 Å². The summed E-state index contributed by atoms with van der Waals surface area (Å²) in [5.41, 5.74) is 4.91. The van der Waals surface area contributed by atoms with Crippen LogP contribution in [0.2, 0.25) is 0 Å². The van der Waals surface area contributed by atoms with E-state index in [9.17, 15) is 4.79 Å². The number of hydrogen-bond donors (Lipinski definition) is 0. The summed E-state index contributed by atoms with van der Waals surface area (Å²) >= 11 is 9.40. The number of alkyl halides is 1. The van der Waals surface area contributed by atoms with Crippen LogP contribution in [0.25, 0.3) is 5.69 Å². The number of carbonyl (C=O) groups excluding carboxylic acids is 1. The molecule has 1 aromatic carbocycles. The minimum atomic E-state index is -0.505. The van der Waals surface area contributed by atoms with Gasteiger partial charge in [0.1, 0.15) is 0 Å². The molecule has 1 heterocycles. The third-order valence-electron chi connectivity index (χ3n) is 3.46. The van der Waals surface area contributed by atoms with Crippen molar-refractivity contribution in [3.63, 3.8) is 0 Å². The summed E-state index contributed by atoms with van der Waals surface area (Å²) in [5, 5.41) is -0.505. The fraction of sp³-hybridized carbons (Fsp3) is 0.312. The molecule has 0 aliphatic heterocycles. The summed E-state index contributed by atoms with van der Waals surface area (Å²) in [7, 11) is 0. The molecule has 106 valence electrons. The van der Waals surface area contributed by atoms with Gasteiger partial charge in [0.2, 0.25) is 0 Å². The van der Waals surface area contributed by atoms with Gasteiger partial charge in [-0.05, 0) is 57.5 Å². The molecule has 1 unspecified atom stereocenters. The van der Waals surface area contributed by atoms with Crippen LogP contribution < -0.4 is 0 Å². The molecule has 0 amide bonds. The van der Waals surface area contributed by atoms with Gasteiger partial charge in [0.05, 0.1) is 5.38 Å². The monoisotopic (exact) mass is 353 g/mol. The van der Waals surface area contributed by atoms with E-state index in [1.807, 2.05) is 26.0 Å². The number of carbonyl (C=O) groups is 1. The average Bonchev–Trinajstić information content (AvgIpc) is 2.65. The first-order chi connectivity index (χ1) is 9.32. The molecule has 0 saturated carbocycles. The predicted molar refractivity (Wildman–Crippen MR) is 87.3 cm³/mol. The van der Waals surface area contributed by atoms with Crippen molar-refractivity contribution in [1.82, 2.24) is 4.57 Å². The van der Waals surface area contributed by atoms with Crippen LogP contribution in [0.15, 0.2) is 28.7 Å². The zero-order chi connectivity index (χ0) is 15.0. The molecule has 1 aromatic heterocycles. The first-order valence-electron chi connectivity index (χ1n) is 6.46. The molecule has 2 nitrogen and oxygen atoms in total. The number of halogens is 2. The van der Waals surface area contributed by atoms with Crippen molar-refractivity contribution in [2.75, 3.05) is 0 Å². The van der Waals surface area contributed by atoms with Crippen LogP contribution in [0.4, 0.5) is 0 Å². The summed E-state index contributed by atoms with van der Waals surface area (Å²) in [6.07, 6.45) is 0. The van der Waals surface area contributed by atoms with Crippen LogP contribution in [-0.4, -0.2) is 15.7 Å². The largest absolute Gasteiger partial charge is 0.317 e. The topological polar surface area (TPSA) is 22.0 Å². The Morgan fingerprint density at radius 3 is 2.45 bits per heavy atom. The van der Waals surface area contributed by atoms with Gasteiger partial charge in [-0.15, -0.1) is 11.6 Å². The SMILES string of the molecule is Cc1cc(Br)ccc1-n1c(C)cc(C(=O)C(C)Cl)c1C. The lowest BCUT2D eigenvalue weighted by atomic mass is 10.1. The highest BCUT2D eigenvalue weighted by Gasteiger charge is 2.20. The van der Waals surface area contributed by atoms with E-state index in [4.69, 9.17) is 11.6 Å². The maximum absolute atomic E-state index is 12.1. The summed E-state index contributed by atoms with van der Waals surface area (Å²) in [6.45, 7) is 7.73. The van der Waals surface area contributed by atoms with Crippen molar-refractivity contribution in [3.05, 3.63) is 51.3 Å². The number of Topliss-reactive ketones (excluding diaryl/α,β-unsaturated/α-hetero) is 1. The Hall–Kier alpha value is -1.06. The zero-order valence-electron chi connectivity index (χ0n) is 12.0. The Morgan fingerprint density at radius 2 is 1.90 bits per heavy atom. The molecule has 0 spiro atoms. The molecule has 2 rings (SSSR count). The van der Waals surface area contributed by atoms with Gasteiger partial charge in [0, 0.05) is 27.1 Å². The van der Waals surface area contributed by atoms with E-state index in [1.165, 1.54) is 0 Å². The fourth-order valence-corrected chi connectivity index (χ4v) is 3.06. The highest BCUT2D eigenvalue weighted by Crippen LogP contribution is 2.26. The van der Waals surface area contributed by atoms with Crippen LogP contribution in [0.1, 0.15) is 34.2 Å². The molecular weight excluding hydrogens is 338 g/mol. The number of aryl methyl sites for hydroxylation is 2. The molecule has 20 heavy (non-hydrogen) atoms. The predicted octanol–water partition coefficient (Wildman–Crippen LogP) is 4.98. The standard InChI is InChI=1S/C16H17BrClNO/c1-9-7-13(17)5-6-15(9)19-10(2)8-14(12(19)4)16(20)11(3)18/h5-8,11H,1-4H3. The van der Waals surface area contributed by atoms with Crippen molar-refractivity contribution < 1.29 is 4.79 Å². The average molecular weight is 355 g/mol. The first-order valence-corrected chi connectivity index (χ1v) is 7.69. The second-order valence-corrected chi connectivity index (χ2v) is 6.60. The number of rotatable bonds is 3. The van der Waals surface area contributed by atoms with E-state index in [0.29, 0.717) is 5.56 Å². The van der Waals surface area contributed by atoms with E-state index in [2.05, 4.69) is 39.6 Å². The Bertz CT molecular complexity index is 673. The Kier molecular flexibility index (Phi) is 4.40. The number of benzene rings is 1. The van der Waals surface area contributed by atoms with Gasteiger partial charge in [-0.3, -0.25) is 4.79 Å². The van der Waals surface area contributed by atoms with Gasteiger partial charge in [-0.25, -0.2) is 0 Å². The van der Waals surface area contributed by atoms with Gasteiger partial charge in [-0.1, -0.05) is 15.9 Å². The maximum Gasteiger partial charge on any atom is 0.182 e. The summed E-state index contributed by atoms with van der Waals surface area (Å²) < 4.78 is 3.15. The summed E-state index contributed by atoms with van der Waals surface area (Å²) in [6, 6.07) is 8.04. The third kappa shape index (κ3) is 2.70. The lowest BCUT2D eigenvalue weighted by Gasteiger charge is -2.13. The quantitative estimate of drug-likeness (QED) is 0.563. The zero-order valence-corrected chi connectivity index (χ0v) is 14.3. The molecular formula is C16H17BrClNO. The Morgan fingerprint density at radius 1 is 1.25 bits per heavy atom. The smallest absolute Gasteiger partial charge is 0.182 e. The lowest BCUT2D eigenvalue weighted by molar-refractivity contribution is 0.0991. The van der Waals surface area contributed by atoms with Gasteiger partial charge < -0.3 is 4.57 Å². The van der Waals surface area contributed by atoms with Crippen LogP contribution >= 0.6 is 27.5 Å². The number of hydrogen-bond acceptors (Lipinski definition) is 1. The molecule has 0 N–H and O–H groups in total. The molecule has 1 atom stereocenters. The molecule has 0 saturated heterocycles. The minimum absolute atomic E-state index is 0.0271. The Labute approximate surface area is 132 Å². The van der Waals surface area contributed by atoms with Crippen LogP contribution in [0, 0.1) is 20.8 Å². The van der Waals surface area contributed by atoms with Crippen molar-refractivity contribution in [1.29, 1.82) is 0 Å². The van der Waals surface area contributed by atoms with Gasteiger partial charge in [0.15, 0.2) is 5.78 Å². The van der Waals surface area contributed by atoms with E-state index < -0.39 is 5.38 Å². The molecule has 0 aliphatic rings. The van der Waals surface area contributed by atoms with E-state index in [0.717, 1.165) is 27.1 Å². The van der Waals surface area contributed by atoms with E-state index in [-0.39, 0.29) is 5.78 Å². The normalized spacial score (nSPS) is 12.5. The molecule has 4 heteroatoms. The second-order valence-electron chi connectivity index (χ2n) is 5.03. The summed E-state index contributed by atoms with van der Waals surface area (Å²) in [5.74, 6) is -0.0271. The molecule has 0 radical (unpaired) electrons. The maximum atomic E-state index is 12.1. The highest BCUT2D eigenvalue weighted by molar-refractivity contribution is 9.10. The van der Waals surface area contributed by atoms with Gasteiger partial charge in [-0.2, -0.15) is 0 Å². The van der Waals surface area contributed by atoms with E-state index >= 15 is 0 Å². The fourth-order valence-electron chi connectivity index (χ4n) is 2.47. The van der Waals surface area contributed by atoms with Gasteiger partial charge in [0.25, 0.3) is 0 Å². The number of ketones is 1. The number of aromatic nitrogens is 1. The first kappa shape index (κ1) is 15.3. The van der Waals surface area contributed by atoms with Gasteiger partial charge >= 0.3 is 0 Å². The Balaban J connectivity index is 2.61. The molecule has 0 fully saturated rings. The van der Waals surface area contributed by atoms with Crippen LogP contribution in [-0.2, 0) is 0 Å². The van der Waals surface area contributed by atoms with Crippen molar-refractivity contribution in [3.8, 4) is 5.69 Å². The molecule has 0 aliphatic carbocycles. The highest BCUT2D eigenvalue weighted by atomic mass is 79.9. The lowest BCUT2D eigenvalue weighted by Crippen LogP contribution is -2.12. The third-order valence-corrected chi connectivity index (χ3v) is 4.15. The second kappa shape index (κ2) is 5.74. The van der Waals surface area contributed by atoms with Crippen LogP contribution in [0.5, 0.6) is 0 Å². The molecule has 0 bridgehead atoms. The van der Waals surface area contributed by atoms with Crippen LogP contribution in [0.3, 0.4) is 0 Å². The number of nitrogens with zero attached hydrogens (tertiary/aromatic N) is 1. The molecule has 2 aromatic rings. The summed E-state index contributed by atoms with van der Waals surface area (Å²) in [4.78, 5) is 12.1. The van der Waals surface area contributed by atoms with Crippen molar-refractivity contribution >= 4 is 33.3 Å². The minimum Gasteiger partial charge on any atom is -0.317 e. The van der Waals surface area contributed by atoms with Crippen molar-refractivity contribution in [2.24, 2.45) is 0 Å².